The molecule has 0 aromatic heterocycles. The van der Waals surface area contributed by atoms with E-state index in [1.807, 2.05) is 18.2 Å². The molecule has 0 radical (unpaired) electrons. The molecule has 1 aromatic carbocycles. The first-order valence-electron chi connectivity index (χ1n) is 6.45. The highest BCUT2D eigenvalue weighted by Gasteiger charge is 2.11. The van der Waals surface area contributed by atoms with Crippen molar-refractivity contribution in [1.29, 1.82) is 0 Å². The molecule has 0 fully saturated rings. The van der Waals surface area contributed by atoms with E-state index in [4.69, 9.17) is 14.2 Å². The van der Waals surface area contributed by atoms with Crippen molar-refractivity contribution in [3.8, 4) is 5.75 Å². The Morgan fingerprint density at radius 2 is 1.95 bits per heavy atom. The summed E-state index contributed by atoms with van der Waals surface area (Å²) in [5.41, 5.74) is 1.03. The molecular weight excluding hydrogens is 414 g/mol. The highest BCUT2D eigenvalue weighted by molar-refractivity contribution is 9.10. The van der Waals surface area contributed by atoms with E-state index in [-0.39, 0.29) is 11.4 Å². The van der Waals surface area contributed by atoms with E-state index in [2.05, 4.69) is 31.9 Å². The van der Waals surface area contributed by atoms with Crippen LogP contribution < -0.4 is 4.74 Å². The van der Waals surface area contributed by atoms with Crippen LogP contribution in [0.15, 0.2) is 22.7 Å². The fourth-order valence-corrected chi connectivity index (χ4v) is 2.57. The number of alkyl halides is 3. The van der Waals surface area contributed by atoms with Crippen molar-refractivity contribution in [3.05, 3.63) is 28.2 Å². The van der Waals surface area contributed by atoms with Gasteiger partial charge in [0.15, 0.2) is 0 Å². The van der Waals surface area contributed by atoms with Crippen LogP contribution in [0.25, 0.3) is 0 Å². The van der Waals surface area contributed by atoms with Crippen molar-refractivity contribution in [2.45, 2.75) is 17.7 Å². The summed E-state index contributed by atoms with van der Waals surface area (Å²) in [6.07, 6.45) is -1.81. The minimum atomic E-state index is -2.42. The zero-order chi connectivity index (χ0) is 15.7. The van der Waals surface area contributed by atoms with E-state index in [9.17, 15) is 8.78 Å². The molecule has 3 nitrogen and oxygen atoms in total. The zero-order valence-electron chi connectivity index (χ0n) is 11.7. The normalized spacial score (nSPS) is 12.7. The van der Waals surface area contributed by atoms with Crippen LogP contribution in [0.2, 0.25) is 0 Å². The topological polar surface area (TPSA) is 27.7 Å². The molecular formula is C14H18Br2F2O3. The van der Waals surface area contributed by atoms with Gasteiger partial charge in [0.25, 0.3) is 6.43 Å². The third-order valence-electron chi connectivity index (χ3n) is 2.62. The Balaban J connectivity index is 2.45. The molecule has 0 bridgehead atoms. The molecule has 120 valence electrons. The Kier molecular flexibility index (Phi) is 9.39. The van der Waals surface area contributed by atoms with Gasteiger partial charge in [0, 0.05) is 18.5 Å². The van der Waals surface area contributed by atoms with Crippen molar-refractivity contribution in [3.63, 3.8) is 0 Å². The zero-order valence-corrected chi connectivity index (χ0v) is 14.8. The Bertz CT molecular complexity index is 419. The van der Waals surface area contributed by atoms with Crippen LogP contribution >= 0.6 is 31.9 Å². The van der Waals surface area contributed by atoms with E-state index >= 15 is 0 Å². The summed E-state index contributed by atoms with van der Waals surface area (Å²) in [4.78, 5) is 0.0412. The maximum absolute atomic E-state index is 11.9. The van der Waals surface area contributed by atoms with Crippen molar-refractivity contribution >= 4 is 31.9 Å². The lowest BCUT2D eigenvalue weighted by Crippen LogP contribution is -2.07. The van der Waals surface area contributed by atoms with E-state index in [0.29, 0.717) is 19.6 Å². The number of benzene rings is 1. The Hall–Kier alpha value is -0.240. The molecule has 0 aliphatic rings. The SMILES string of the molecule is COCCOc1ccc(C(Br)CCOCC(F)F)cc1Br. The monoisotopic (exact) mass is 430 g/mol. The predicted molar refractivity (Wildman–Crippen MR) is 84.6 cm³/mol. The van der Waals surface area contributed by atoms with Gasteiger partial charge in [0.2, 0.25) is 0 Å². The van der Waals surface area contributed by atoms with E-state index in [1.165, 1.54) is 0 Å². The lowest BCUT2D eigenvalue weighted by atomic mass is 10.1. The summed E-state index contributed by atoms with van der Waals surface area (Å²) in [6, 6.07) is 5.73. The molecule has 0 amide bonds. The summed E-state index contributed by atoms with van der Waals surface area (Å²) >= 11 is 6.98. The second-order valence-corrected chi connectivity index (χ2v) is 6.21. The van der Waals surface area contributed by atoms with Crippen molar-refractivity contribution in [1.82, 2.24) is 0 Å². The first kappa shape index (κ1) is 18.8. The van der Waals surface area contributed by atoms with Crippen LogP contribution in [0.3, 0.4) is 0 Å². The predicted octanol–water partition coefficient (Wildman–Crippen LogP) is 4.58. The molecule has 0 N–H and O–H groups in total. The molecule has 0 aliphatic carbocycles. The molecule has 21 heavy (non-hydrogen) atoms. The van der Waals surface area contributed by atoms with Crippen LogP contribution in [0, 0.1) is 0 Å². The number of rotatable bonds is 10. The number of methoxy groups -OCH3 is 1. The third-order valence-corrected chi connectivity index (χ3v) is 4.23. The molecule has 1 aromatic rings. The fraction of sp³-hybridized carbons (Fsp3) is 0.571. The molecule has 1 rings (SSSR count). The Morgan fingerprint density at radius 1 is 1.19 bits per heavy atom. The highest BCUT2D eigenvalue weighted by atomic mass is 79.9. The van der Waals surface area contributed by atoms with Crippen molar-refractivity contribution < 1.29 is 23.0 Å². The summed E-state index contributed by atoms with van der Waals surface area (Å²) < 4.78 is 40.1. The lowest BCUT2D eigenvalue weighted by Gasteiger charge is -2.13. The van der Waals surface area contributed by atoms with Gasteiger partial charge >= 0.3 is 0 Å². The first-order valence-corrected chi connectivity index (χ1v) is 8.16. The van der Waals surface area contributed by atoms with Gasteiger partial charge < -0.3 is 14.2 Å². The van der Waals surface area contributed by atoms with Gasteiger partial charge in [-0.3, -0.25) is 0 Å². The molecule has 0 heterocycles. The highest BCUT2D eigenvalue weighted by Crippen LogP contribution is 2.33. The van der Waals surface area contributed by atoms with Gasteiger partial charge in [-0.1, -0.05) is 22.0 Å². The van der Waals surface area contributed by atoms with Crippen molar-refractivity contribution in [2.24, 2.45) is 0 Å². The fourth-order valence-electron chi connectivity index (χ4n) is 1.59. The molecule has 1 atom stereocenters. The smallest absolute Gasteiger partial charge is 0.261 e. The molecule has 7 heteroatoms. The average Bonchev–Trinajstić information content (AvgIpc) is 2.45. The average molecular weight is 432 g/mol. The van der Waals surface area contributed by atoms with E-state index < -0.39 is 13.0 Å². The van der Waals surface area contributed by atoms with Crippen LogP contribution in [-0.2, 0) is 9.47 Å². The van der Waals surface area contributed by atoms with Gasteiger partial charge in [-0.15, -0.1) is 0 Å². The summed E-state index contributed by atoms with van der Waals surface area (Å²) in [6.45, 7) is 0.768. The Labute approximate surface area is 140 Å². The van der Waals surface area contributed by atoms with E-state index in [0.717, 1.165) is 15.8 Å². The summed E-state index contributed by atoms with van der Waals surface area (Å²) in [5.74, 6) is 0.740. The summed E-state index contributed by atoms with van der Waals surface area (Å²) in [5, 5.41) is 0. The van der Waals surface area contributed by atoms with Crippen molar-refractivity contribution in [2.75, 3.05) is 33.5 Å². The lowest BCUT2D eigenvalue weighted by molar-refractivity contribution is 0.0167. The number of hydrogen-bond acceptors (Lipinski definition) is 3. The minimum absolute atomic E-state index is 0.0412. The molecule has 1 unspecified atom stereocenters. The molecule has 0 saturated heterocycles. The van der Waals surface area contributed by atoms with Crippen LogP contribution in [0.5, 0.6) is 5.75 Å². The Morgan fingerprint density at radius 3 is 2.57 bits per heavy atom. The minimum Gasteiger partial charge on any atom is -0.490 e. The largest absolute Gasteiger partial charge is 0.490 e. The summed E-state index contributed by atoms with van der Waals surface area (Å²) in [7, 11) is 1.62. The van der Waals surface area contributed by atoms with Gasteiger partial charge in [0.05, 0.1) is 11.1 Å². The van der Waals surface area contributed by atoms with E-state index in [1.54, 1.807) is 7.11 Å². The molecule has 0 saturated carbocycles. The third kappa shape index (κ3) is 7.54. The van der Waals surface area contributed by atoms with Crippen LogP contribution in [0.1, 0.15) is 16.8 Å². The second-order valence-electron chi connectivity index (χ2n) is 4.25. The van der Waals surface area contributed by atoms with Gasteiger partial charge in [-0.2, -0.15) is 0 Å². The maximum Gasteiger partial charge on any atom is 0.261 e. The number of ether oxygens (including phenoxy) is 3. The second kappa shape index (κ2) is 10.5. The molecule has 0 aliphatic heterocycles. The van der Waals surface area contributed by atoms with Gasteiger partial charge in [-0.25, -0.2) is 8.78 Å². The van der Waals surface area contributed by atoms with Crippen LogP contribution in [0.4, 0.5) is 8.78 Å². The quantitative estimate of drug-likeness (QED) is 0.400. The standard InChI is InChI=1S/C14H18Br2F2O3/c1-19-6-7-21-13-3-2-10(8-12(13)16)11(15)4-5-20-9-14(17)18/h2-3,8,11,14H,4-7,9H2,1H3. The number of hydrogen-bond donors (Lipinski definition) is 0. The van der Waals surface area contributed by atoms with Gasteiger partial charge in [-0.05, 0) is 40.0 Å². The van der Waals surface area contributed by atoms with Gasteiger partial charge in [0.1, 0.15) is 19.0 Å². The maximum atomic E-state index is 11.9. The number of halogens is 4. The first-order chi connectivity index (χ1) is 10.0. The molecule has 0 spiro atoms. The van der Waals surface area contributed by atoms with Crippen LogP contribution in [-0.4, -0.2) is 40.0 Å².